The minimum atomic E-state index is -0.225. The number of nitrogens with zero attached hydrogens (tertiary/aromatic N) is 1. The molecule has 0 N–H and O–H groups in total. The monoisotopic (exact) mass is 265 g/mol. The molecule has 0 unspecified atom stereocenters. The highest BCUT2D eigenvalue weighted by atomic mass is 16.5. The van der Waals surface area contributed by atoms with Crippen LogP contribution in [-0.2, 0) is 14.3 Å². The average Bonchev–Trinajstić information content (AvgIpc) is 2.46. The van der Waals surface area contributed by atoms with Crippen molar-refractivity contribution in [2.45, 2.75) is 26.0 Å². The van der Waals surface area contributed by atoms with Gasteiger partial charge in [-0.3, -0.25) is 9.69 Å². The van der Waals surface area contributed by atoms with Crippen molar-refractivity contribution in [1.82, 2.24) is 4.90 Å². The standard InChI is InChI=1S/C15H23NO3/c1-5-16(11-14(17)18-3)12(2)15(19-4)13-9-7-6-8-10-13/h6-10,12,15H,5,11H2,1-4H3/t12-,15-/m1/s1. The highest BCUT2D eigenvalue weighted by Crippen LogP contribution is 2.24. The first kappa shape index (κ1) is 15.7. The van der Waals surface area contributed by atoms with Gasteiger partial charge in [-0.25, -0.2) is 0 Å². The fraction of sp³-hybridized carbons (Fsp3) is 0.533. The summed E-state index contributed by atoms with van der Waals surface area (Å²) in [5.41, 5.74) is 1.11. The topological polar surface area (TPSA) is 38.8 Å². The van der Waals surface area contributed by atoms with E-state index >= 15 is 0 Å². The summed E-state index contributed by atoms with van der Waals surface area (Å²) in [4.78, 5) is 13.5. The van der Waals surface area contributed by atoms with Crippen molar-refractivity contribution >= 4 is 5.97 Å². The van der Waals surface area contributed by atoms with E-state index in [1.54, 1.807) is 7.11 Å². The molecule has 0 aromatic heterocycles. The molecule has 19 heavy (non-hydrogen) atoms. The van der Waals surface area contributed by atoms with Crippen LogP contribution in [-0.4, -0.2) is 44.2 Å². The van der Waals surface area contributed by atoms with E-state index in [4.69, 9.17) is 9.47 Å². The van der Waals surface area contributed by atoms with E-state index in [2.05, 4.69) is 6.92 Å². The molecule has 1 aromatic rings. The summed E-state index contributed by atoms with van der Waals surface area (Å²) in [5, 5.41) is 0. The molecule has 0 saturated heterocycles. The van der Waals surface area contributed by atoms with Crippen molar-refractivity contribution in [3.8, 4) is 0 Å². The van der Waals surface area contributed by atoms with Crippen molar-refractivity contribution in [2.24, 2.45) is 0 Å². The minimum Gasteiger partial charge on any atom is -0.468 e. The summed E-state index contributed by atoms with van der Waals surface area (Å²) in [6, 6.07) is 10.1. The molecule has 0 fully saturated rings. The molecular weight excluding hydrogens is 242 g/mol. The normalized spacial score (nSPS) is 14.2. The molecule has 1 rings (SSSR count). The maximum absolute atomic E-state index is 11.4. The Hall–Kier alpha value is -1.39. The van der Waals surface area contributed by atoms with Gasteiger partial charge in [-0.05, 0) is 19.0 Å². The number of esters is 1. The number of rotatable bonds is 7. The van der Waals surface area contributed by atoms with Gasteiger partial charge in [0.25, 0.3) is 0 Å². The summed E-state index contributed by atoms with van der Waals surface area (Å²) >= 11 is 0. The van der Waals surface area contributed by atoms with Crippen LogP contribution in [0.1, 0.15) is 25.5 Å². The first-order chi connectivity index (χ1) is 9.13. The van der Waals surface area contributed by atoms with E-state index in [1.165, 1.54) is 7.11 Å². The van der Waals surface area contributed by atoms with Gasteiger partial charge in [-0.15, -0.1) is 0 Å². The Morgan fingerprint density at radius 3 is 2.37 bits per heavy atom. The van der Waals surface area contributed by atoms with Gasteiger partial charge >= 0.3 is 5.97 Å². The number of benzene rings is 1. The lowest BCUT2D eigenvalue weighted by Gasteiger charge is -2.32. The highest BCUT2D eigenvalue weighted by molar-refractivity contribution is 5.71. The second-order valence-corrected chi connectivity index (χ2v) is 4.45. The second kappa shape index (κ2) is 7.92. The Bertz CT molecular complexity index is 380. The first-order valence-corrected chi connectivity index (χ1v) is 6.52. The molecule has 0 aliphatic carbocycles. The molecule has 0 spiro atoms. The third-order valence-electron chi connectivity index (χ3n) is 3.36. The molecule has 0 saturated carbocycles. The molecule has 0 radical (unpaired) electrons. The van der Waals surface area contributed by atoms with E-state index in [0.717, 1.165) is 12.1 Å². The van der Waals surface area contributed by atoms with Crippen LogP contribution in [0.5, 0.6) is 0 Å². The van der Waals surface area contributed by atoms with Crippen molar-refractivity contribution < 1.29 is 14.3 Å². The summed E-state index contributed by atoms with van der Waals surface area (Å²) in [7, 11) is 3.10. The SMILES string of the molecule is CCN(CC(=O)OC)[C@H](C)[C@@H](OC)c1ccccc1. The van der Waals surface area contributed by atoms with E-state index in [1.807, 2.05) is 42.2 Å². The maximum Gasteiger partial charge on any atom is 0.319 e. The van der Waals surface area contributed by atoms with Crippen LogP contribution in [0.3, 0.4) is 0 Å². The molecule has 0 heterocycles. The smallest absolute Gasteiger partial charge is 0.319 e. The first-order valence-electron chi connectivity index (χ1n) is 6.52. The van der Waals surface area contributed by atoms with Gasteiger partial charge in [0, 0.05) is 13.2 Å². The zero-order chi connectivity index (χ0) is 14.3. The second-order valence-electron chi connectivity index (χ2n) is 4.45. The molecule has 4 heteroatoms. The van der Waals surface area contributed by atoms with Gasteiger partial charge in [0.15, 0.2) is 0 Å². The van der Waals surface area contributed by atoms with Gasteiger partial charge in [0.1, 0.15) is 0 Å². The number of carbonyl (C=O) groups excluding carboxylic acids is 1. The van der Waals surface area contributed by atoms with Crippen LogP contribution in [0.2, 0.25) is 0 Å². The largest absolute Gasteiger partial charge is 0.468 e. The fourth-order valence-electron chi connectivity index (χ4n) is 2.22. The molecule has 106 valence electrons. The quantitative estimate of drug-likeness (QED) is 0.709. The average molecular weight is 265 g/mol. The lowest BCUT2D eigenvalue weighted by molar-refractivity contribution is -0.143. The Morgan fingerprint density at radius 2 is 1.89 bits per heavy atom. The number of likely N-dealkylation sites (N-methyl/N-ethyl adjacent to an activating group) is 1. The van der Waals surface area contributed by atoms with Gasteiger partial charge < -0.3 is 9.47 Å². The Labute approximate surface area is 115 Å². The zero-order valence-electron chi connectivity index (χ0n) is 12.1. The number of methoxy groups -OCH3 is 2. The number of hydrogen-bond acceptors (Lipinski definition) is 4. The summed E-state index contributed by atoms with van der Waals surface area (Å²) in [5.74, 6) is -0.225. The molecule has 0 aliphatic heterocycles. The summed E-state index contributed by atoms with van der Waals surface area (Å²) < 4.78 is 10.3. The van der Waals surface area contributed by atoms with E-state index in [9.17, 15) is 4.79 Å². The Balaban J connectivity index is 2.81. The van der Waals surface area contributed by atoms with E-state index in [-0.39, 0.29) is 24.7 Å². The van der Waals surface area contributed by atoms with Crippen LogP contribution in [0.25, 0.3) is 0 Å². The molecular formula is C15H23NO3. The lowest BCUT2D eigenvalue weighted by atomic mass is 10.0. The summed E-state index contributed by atoms with van der Waals surface area (Å²) in [6.07, 6.45) is -0.0641. The molecule has 1 aromatic carbocycles. The fourth-order valence-corrected chi connectivity index (χ4v) is 2.22. The lowest BCUT2D eigenvalue weighted by Crippen LogP contribution is -2.41. The van der Waals surface area contributed by atoms with E-state index in [0.29, 0.717) is 0 Å². The van der Waals surface area contributed by atoms with Crippen LogP contribution in [0.4, 0.5) is 0 Å². The minimum absolute atomic E-state index is 0.0641. The molecule has 0 bridgehead atoms. The maximum atomic E-state index is 11.4. The van der Waals surface area contributed by atoms with Crippen molar-refractivity contribution in [3.05, 3.63) is 35.9 Å². The molecule has 0 aliphatic rings. The zero-order valence-corrected chi connectivity index (χ0v) is 12.1. The van der Waals surface area contributed by atoms with Crippen LogP contribution >= 0.6 is 0 Å². The van der Waals surface area contributed by atoms with Gasteiger partial charge in [0.2, 0.25) is 0 Å². The molecule has 0 amide bonds. The number of hydrogen-bond donors (Lipinski definition) is 0. The molecule has 2 atom stereocenters. The Kier molecular flexibility index (Phi) is 6.53. The Morgan fingerprint density at radius 1 is 1.26 bits per heavy atom. The van der Waals surface area contributed by atoms with Gasteiger partial charge in [-0.2, -0.15) is 0 Å². The predicted molar refractivity (Wildman–Crippen MR) is 74.9 cm³/mol. The van der Waals surface area contributed by atoms with Crippen molar-refractivity contribution in [3.63, 3.8) is 0 Å². The van der Waals surface area contributed by atoms with Crippen LogP contribution in [0.15, 0.2) is 30.3 Å². The van der Waals surface area contributed by atoms with Crippen molar-refractivity contribution in [2.75, 3.05) is 27.3 Å². The van der Waals surface area contributed by atoms with E-state index < -0.39 is 0 Å². The van der Waals surface area contributed by atoms with Crippen LogP contribution < -0.4 is 0 Å². The van der Waals surface area contributed by atoms with Gasteiger partial charge in [-0.1, -0.05) is 37.3 Å². The molecule has 4 nitrogen and oxygen atoms in total. The third-order valence-corrected chi connectivity index (χ3v) is 3.36. The predicted octanol–water partition coefficient (Wildman–Crippen LogP) is 2.26. The van der Waals surface area contributed by atoms with Crippen molar-refractivity contribution in [1.29, 1.82) is 0 Å². The van der Waals surface area contributed by atoms with Gasteiger partial charge in [0.05, 0.1) is 19.8 Å². The number of carbonyl (C=O) groups is 1. The third kappa shape index (κ3) is 4.33. The highest BCUT2D eigenvalue weighted by Gasteiger charge is 2.25. The number of ether oxygens (including phenoxy) is 2. The van der Waals surface area contributed by atoms with Crippen LogP contribution in [0, 0.1) is 0 Å². The summed E-state index contributed by atoms with van der Waals surface area (Å²) in [6.45, 7) is 5.13.